The molecule has 0 aliphatic carbocycles. The molecule has 2 aromatic rings. The number of phenolic OH excluding ortho intramolecular Hbond substituents is 1. The Bertz CT molecular complexity index is 679. The standard InChI is InChI=1S/C15H11BrO3/c1-8-6-11(18)15-13(14(8)16)10(7-17)9-4-2-3-5-12(9)19-15/h2-7,10,18H,1H3. The molecule has 96 valence electrons. The SMILES string of the molecule is Cc1cc(O)c2c(c1Br)C(C=O)c1ccccc1O2. The van der Waals surface area contributed by atoms with Crippen LogP contribution in [-0.2, 0) is 4.79 Å². The highest BCUT2D eigenvalue weighted by molar-refractivity contribution is 9.10. The van der Waals surface area contributed by atoms with Gasteiger partial charge in [0, 0.05) is 15.6 Å². The van der Waals surface area contributed by atoms with Crippen LogP contribution in [0.3, 0.4) is 0 Å². The Morgan fingerprint density at radius 3 is 2.84 bits per heavy atom. The maximum atomic E-state index is 11.5. The second-order valence-electron chi connectivity index (χ2n) is 4.52. The average Bonchev–Trinajstić information content (AvgIpc) is 2.42. The van der Waals surface area contributed by atoms with Crippen molar-refractivity contribution in [2.45, 2.75) is 12.8 Å². The first-order chi connectivity index (χ1) is 9.13. The van der Waals surface area contributed by atoms with Gasteiger partial charge in [-0.3, -0.25) is 0 Å². The number of aromatic hydroxyl groups is 1. The largest absolute Gasteiger partial charge is 0.504 e. The number of aldehydes is 1. The summed E-state index contributed by atoms with van der Waals surface area (Å²) in [7, 11) is 0. The number of carbonyl (C=O) groups is 1. The summed E-state index contributed by atoms with van der Waals surface area (Å²) in [6, 6.07) is 8.99. The van der Waals surface area contributed by atoms with Gasteiger partial charge in [0.15, 0.2) is 11.5 Å². The minimum Gasteiger partial charge on any atom is -0.504 e. The predicted octanol–water partition coefficient (Wildman–Crippen LogP) is 3.90. The molecule has 3 rings (SSSR count). The molecule has 3 nitrogen and oxygen atoms in total. The molecule has 4 heteroatoms. The Labute approximate surface area is 119 Å². The molecule has 0 radical (unpaired) electrons. The summed E-state index contributed by atoms with van der Waals surface area (Å²) >= 11 is 3.48. The summed E-state index contributed by atoms with van der Waals surface area (Å²) in [5.74, 6) is 0.587. The molecule has 1 aliphatic heterocycles. The van der Waals surface area contributed by atoms with Gasteiger partial charge in [0.25, 0.3) is 0 Å². The highest BCUT2D eigenvalue weighted by Crippen LogP contribution is 2.50. The maximum Gasteiger partial charge on any atom is 0.174 e. The van der Waals surface area contributed by atoms with Crippen molar-refractivity contribution in [3.8, 4) is 17.2 Å². The molecule has 0 spiro atoms. The number of phenols is 1. The Hall–Kier alpha value is -1.81. The summed E-state index contributed by atoms with van der Waals surface area (Å²) < 4.78 is 6.54. The van der Waals surface area contributed by atoms with Crippen molar-refractivity contribution >= 4 is 22.2 Å². The van der Waals surface area contributed by atoms with Gasteiger partial charge in [-0.2, -0.15) is 0 Å². The summed E-state index contributed by atoms with van der Waals surface area (Å²) in [5.41, 5.74) is 2.37. The van der Waals surface area contributed by atoms with E-state index in [2.05, 4.69) is 15.9 Å². The van der Waals surface area contributed by atoms with Gasteiger partial charge in [0.2, 0.25) is 0 Å². The number of rotatable bonds is 1. The molecule has 0 saturated heterocycles. The second-order valence-corrected chi connectivity index (χ2v) is 5.32. The van der Waals surface area contributed by atoms with Crippen LogP contribution >= 0.6 is 15.9 Å². The van der Waals surface area contributed by atoms with Crippen molar-refractivity contribution in [3.63, 3.8) is 0 Å². The third-order valence-corrected chi connectivity index (χ3v) is 4.38. The van der Waals surface area contributed by atoms with E-state index in [1.165, 1.54) is 0 Å². The maximum absolute atomic E-state index is 11.5. The van der Waals surface area contributed by atoms with Crippen molar-refractivity contribution in [2.75, 3.05) is 0 Å². The van der Waals surface area contributed by atoms with Crippen LogP contribution in [0, 0.1) is 6.92 Å². The Kier molecular flexibility index (Phi) is 2.82. The highest BCUT2D eigenvalue weighted by atomic mass is 79.9. The van der Waals surface area contributed by atoms with Gasteiger partial charge < -0.3 is 14.6 Å². The molecule has 0 saturated carbocycles. The fourth-order valence-corrected chi connectivity index (χ4v) is 2.95. The van der Waals surface area contributed by atoms with Crippen molar-refractivity contribution < 1.29 is 14.6 Å². The number of benzene rings is 2. The van der Waals surface area contributed by atoms with Crippen LogP contribution < -0.4 is 4.74 Å². The topological polar surface area (TPSA) is 46.5 Å². The van der Waals surface area contributed by atoms with E-state index >= 15 is 0 Å². The minimum absolute atomic E-state index is 0.0528. The van der Waals surface area contributed by atoms with Gasteiger partial charge in [-0.25, -0.2) is 0 Å². The van der Waals surface area contributed by atoms with Crippen molar-refractivity contribution in [2.24, 2.45) is 0 Å². The van der Waals surface area contributed by atoms with Crippen molar-refractivity contribution in [3.05, 3.63) is 51.5 Å². The molecule has 0 amide bonds. The van der Waals surface area contributed by atoms with Crippen LogP contribution in [-0.4, -0.2) is 11.4 Å². The zero-order valence-corrected chi connectivity index (χ0v) is 11.8. The number of hydrogen-bond acceptors (Lipinski definition) is 3. The lowest BCUT2D eigenvalue weighted by atomic mass is 9.88. The Morgan fingerprint density at radius 2 is 2.11 bits per heavy atom. The molecular formula is C15H11BrO3. The van der Waals surface area contributed by atoms with Crippen LogP contribution in [0.15, 0.2) is 34.8 Å². The third kappa shape index (κ3) is 1.75. The molecule has 0 fully saturated rings. The zero-order valence-electron chi connectivity index (χ0n) is 10.2. The molecule has 1 heterocycles. The van der Waals surface area contributed by atoms with Gasteiger partial charge >= 0.3 is 0 Å². The van der Waals surface area contributed by atoms with Gasteiger partial charge in [-0.05, 0) is 24.6 Å². The highest BCUT2D eigenvalue weighted by Gasteiger charge is 2.31. The summed E-state index contributed by atoms with van der Waals surface area (Å²) in [5, 5.41) is 10.0. The van der Waals surface area contributed by atoms with Crippen LogP contribution in [0.2, 0.25) is 0 Å². The van der Waals surface area contributed by atoms with E-state index in [-0.39, 0.29) is 5.75 Å². The molecule has 1 unspecified atom stereocenters. The van der Waals surface area contributed by atoms with E-state index in [4.69, 9.17) is 4.74 Å². The fourth-order valence-electron chi connectivity index (χ4n) is 2.41. The van der Waals surface area contributed by atoms with Gasteiger partial charge in [0.05, 0.1) is 5.92 Å². The first-order valence-electron chi connectivity index (χ1n) is 5.87. The first-order valence-corrected chi connectivity index (χ1v) is 6.66. The molecule has 19 heavy (non-hydrogen) atoms. The average molecular weight is 319 g/mol. The van der Waals surface area contributed by atoms with E-state index in [1.807, 2.05) is 25.1 Å². The molecule has 0 aromatic heterocycles. The number of halogens is 1. The quantitative estimate of drug-likeness (QED) is 0.811. The smallest absolute Gasteiger partial charge is 0.174 e. The lowest BCUT2D eigenvalue weighted by molar-refractivity contribution is -0.108. The monoisotopic (exact) mass is 318 g/mol. The number of carbonyl (C=O) groups excluding carboxylic acids is 1. The van der Waals surface area contributed by atoms with Crippen LogP contribution in [0.25, 0.3) is 0 Å². The molecule has 1 aliphatic rings. The van der Waals surface area contributed by atoms with E-state index < -0.39 is 5.92 Å². The van der Waals surface area contributed by atoms with Crippen molar-refractivity contribution in [1.29, 1.82) is 0 Å². The molecular weight excluding hydrogens is 308 g/mol. The minimum atomic E-state index is -0.430. The number of ether oxygens (including phenoxy) is 1. The number of aryl methyl sites for hydroxylation is 1. The number of fused-ring (bicyclic) bond motifs is 2. The fraction of sp³-hybridized carbons (Fsp3) is 0.133. The number of para-hydroxylation sites is 1. The van der Waals surface area contributed by atoms with Gasteiger partial charge in [-0.15, -0.1) is 0 Å². The van der Waals surface area contributed by atoms with Gasteiger partial charge in [-0.1, -0.05) is 34.1 Å². The first kappa shape index (κ1) is 12.2. The lowest BCUT2D eigenvalue weighted by Crippen LogP contribution is -2.12. The lowest BCUT2D eigenvalue weighted by Gasteiger charge is -2.27. The van der Waals surface area contributed by atoms with Gasteiger partial charge in [0.1, 0.15) is 12.0 Å². The third-order valence-electron chi connectivity index (χ3n) is 3.33. The molecule has 1 atom stereocenters. The summed E-state index contributed by atoms with van der Waals surface area (Å²) in [4.78, 5) is 11.5. The molecule has 0 bridgehead atoms. The summed E-state index contributed by atoms with van der Waals surface area (Å²) in [6.45, 7) is 1.87. The van der Waals surface area contributed by atoms with E-state index in [9.17, 15) is 9.90 Å². The van der Waals surface area contributed by atoms with E-state index in [1.54, 1.807) is 12.1 Å². The van der Waals surface area contributed by atoms with Crippen LogP contribution in [0.4, 0.5) is 0 Å². The van der Waals surface area contributed by atoms with Crippen molar-refractivity contribution in [1.82, 2.24) is 0 Å². The predicted molar refractivity (Wildman–Crippen MR) is 75.0 cm³/mol. The molecule has 2 aromatic carbocycles. The zero-order chi connectivity index (χ0) is 13.6. The molecule has 1 N–H and O–H groups in total. The number of hydrogen-bond donors (Lipinski definition) is 1. The Morgan fingerprint density at radius 1 is 1.37 bits per heavy atom. The summed E-state index contributed by atoms with van der Waals surface area (Å²) in [6.07, 6.45) is 0.879. The van der Waals surface area contributed by atoms with Crippen LogP contribution in [0.5, 0.6) is 17.2 Å². The second kappa shape index (κ2) is 4.38. The van der Waals surface area contributed by atoms with E-state index in [0.717, 1.165) is 21.9 Å². The van der Waals surface area contributed by atoms with E-state index in [0.29, 0.717) is 17.1 Å². The normalized spacial score (nSPS) is 16.2. The van der Waals surface area contributed by atoms with Crippen LogP contribution in [0.1, 0.15) is 22.6 Å². The Balaban J connectivity index is 2.33.